The number of benzene rings is 1. The summed E-state index contributed by atoms with van der Waals surface area (Å²) in [5, 5.41) is 7.50. The number of pyridine rings is 1. The number of imidazole rings is 1. The molecule has 1 aliphatic heterocycles. The molecule has 3 aromatic heterocycles. The minimum absolute atomic E-state index is 0.0277. The van der Waals surface area contributed by atoms with Crippen molar-refractivity contribution in [2.45, 2.75) is 43.8 Å². The summed E-state index contributed by atoms with van der Waals surface area (Å²) in [5.41, 5.74) is 2.84. The van der Waals surface area contributed by atoms with Crippen molar-refractivity contribution in [3.63, 3.8) is 0 Å². The number of ketones is 1. The lowest BCUT2D eigenvalue weighted by Gasteiger charge is -2.24. The number of aromatic nitrogens is 6. The molecule has 184 valence electrons. The van der Waals surface area contributed by atoms with Crippen molar-refractivity contribution in [1.82, 2.24) is 29.3 Å². The molecule has 0 radical (unpaired) electrons. The molecule has 11 heteroatoms. The number of carbonyl (C=O) groups excluding carboxylic acids is 1. The van der Waals surface area contributed by atoms with Crippen LogP contribution in [0.25, 0.3) is 17.2 Å². The average Bonchev–Trinajstić information content (AvgIpc) is 3.39. The highest BCUT2D eigenvalue weighted by Crippen LogP contribution is 2.40. The first kappa shape index (κ1) is 22.4. The first-order chi connectivity index (χ1) is 17.3. The van der Waals surface area contributed by atoms with Crippen LogP contribution < -0.4 is 4.74 Å². The van der Waals surface area contributed by atoms with Gasteiger partial charge in [0.15, 0.2) is 11.6 Å². The van der Waals surface area contributed by atoms with Gasteiger partial charge in [0.1, 0.15) is 30.4 Å². The Morgan fingerprint density at radius 2 is 1.94 bits per heavy atom. The molecule has 4 heterocycles. The third-order valence-electron chi connectivity index (χ3n) is 6.67. The Morgan fingerprint density at radius 3 is 2.72 bits per heavy atom. The van der Waals surface area contributed by atoms with Gasteiger partial charge in [-0.1, -0.05) is 6.07 Å². The molecule has 36 heavy (non-hydrogen) atoms. The van der Waals surface area contributed by atoms with E-state index in [1.165, 1.54) is 0 Å². The Hall–Kier alpha value is -4.02. The minimum Gasteiger partial charge on any atom is -0.492 e. The fourth-order valence-corrected chi connectivity index (χ4v) is 4.36. The van der Waals surface area contributed by atoms with Crippen LogP contribution in [0, 0.1) is 0 Å². The van der Waals surface area contributed by atoms with Gasteiger partial charge in [-0.15, -0.1) is 10.2 Å². The summed E-state index contributed by atoms with van der Waals surface area (Å²) in [6, 6.07) is 8.42. The Balaban J connectivity index is 1.30. The second-order valence-electron chi connectivity index (χ2n) is 9.12. The maximum absolute atomic E-state index is 13.5. The smallest absolute Gasteiger partial charge is 0.408 e. The monoisotopic (exact) mass is 494 g/mol. The van der Waals surface area contributed by atoms with Crippen LogP contribution >= 0.6 is 0 Å². The van der Waals surface area contributed by atoms with Gasteiger partial charge in [-0.25, -0.2) is 9.97 Å². The van der Waals surface area contributed by atoms with Gasteiger partial charge in [0, 0.05) is 17.8 Å². The number of alkyl halides is 3. The van der Waals surface area contributed by atoms with E-state index in [4.69, 9.17) is 4.74 Å². The van der Waals surface area contributed by atoms with Crippen molar-refractivity contribution in [3.8, 4) is 23.0 Å². The van der Waals surface area contributed by atoms with E-state index in [-0.39, 0.29) is 23.9 Å². The Bertz CT molecular complexity index is 1460. The molecule has 0 saturated heterocycles. The van der Waals surface area contributed by atoms with Gasteiger partial charge < -0.3 is 13.9 Å². The van der Waals surface area contributed by atoms with E-state index in [0.29, 0.717) is 22.9 Å². The number of hydrogen-bond donors (Lipinski definition) is 0. The first-order valence-electron chi connectivity index (χ1n) is 11.6. The SMILES string of the molecule is CC(n1cnnc1-c1cccc(C2COc3ccc(-n4cnc(C5CC5)c4)cc3C2=O)n1)C(F)(F)F. The summed E-state index contributed by atoms with van der Waals surface area (Å²) >= 11 is 0. The van der Waals surface area contributed by atoms with Crippen LogP contribution in [-0.4, -0.2) is 47.9 Å². The standard InChI is InChI=1S/C25H21F3N6O2/c1-14(25(26,27)28)34-13-30-32-24(34)20-4-2-3-19(31-20)18-11-36-22-8-7-16(9-17(22)23(18)35)33-10-21(29-12-33)15-5-6-15/h2-4,7-10,12-15,18H,5-6,11H2,1H3. The number of Topliss-reactive ketones (excluding diaryl/α,β-unsaturated/α-hetero) is 1. The van der Waals surface area contributed by atoms with Crippen molar-refractivity contribution in [1.29, 1.82) is 0 Å². The van der Waals surface area contributed by atoms with Crippen LogP contribution in [0.4, 0.5) is 13.2 Å². The van der Waals surface area contributed by atoms with Gasteiger partial charge in [0.25, 0.3) is 0 Å². The zero-order chi connectivity index (χ0) is 25.0. The molecule has 1 fully saturated rings. The molecule has 4 aromatic rings. The number of carbonyl (C=O) groups is 1. The largest absolute Gasteiger partial charge is 0.492 e. The van der Waals surface area contributed by atoms with Gasteiger partial charge in [-0.05, 0) is 50.1 Å². The van der Waals surface area contributed by atoms with Crippen LogP contribution in [0.15, 0.2) is 55.2 Å². The highest BCUT2D eigenvalue weighted by atomic mass is 19.4. The molecule has 2 unspecified atom stereocenters. The fraction of sp³-hybridized carbons (Fsp3) is 0.320. The molecule has 1 aromatic carbocycles. The molecule has 6 rings (SSSR count). The van der Waals surface area contributed by atoms with Gasteiger partial charge in [0.2, 0.25) is 0 Å². The highest BCUT2D eigenvalue weighted by molar-refractivity contribution is 6.04. The zero-order valence-electron chi connectivity index (χ0n) is 19.2. The van der Waals surface area contributed by atoms with Crippen LogP contribution in [0.1, 0.15) is 59.4 Å². The Kier molecular flexibility index (Phi) is 5.16. The number of halogens is 3. The van der Waals surface area contributed by atoms with Crippen LogP contribution in [-0.2, 0) is 0 Å². The van der Waals surface area contributed by atoms with Gasteiger partial charge in [-0.3, -0.25) is 4.79 Å². The lowest BCUT2D eigenvalue weighted by molar-refractivity contribution is -0.162. The maximum Gasteiger partial charge on any atom is 0.408 e. The molecular formula is C25H21F3N6O2. The van der Waals surface area contributed by atoms with Crippen molar-refractivity contribution >= 4 is 5.78 Å². The van der Waals surface area contributed by atoms with Crippen molar-refractivity contribution in [3.05, 3.63) is 72.2 Å². The number of ether oxygens (including phenoxy) is 1. The zero-order valence-corrected chi connectivity index (χ0v) is 19.2. The number of hydrogen-bond acceptors (Lipinski definition) is 6. The van der Waals surface area contributed by atoms with E-state index >= 15 is 0 Å². The topological polar surface area (TPSA) is 87.7 Å². The summed E-state index contributed by atoms with van der Waals surface area (Å²) in [4.78, 5) is 22.5. The normalized spacial score (nSPS) is 18.6. The van der Waals surface area contributed by atoms with E-state index < -0.39 is 18.1 Å². The quantitative estimate of drug-likeness (QED) is 0.393. The molecular weight excluding hydrogens is 473 g/mol. The summed E-state index contributed by atoms with van der Waals surface area (Å²) < 4.78 is 48.6. The Morgan fingerprint density at radius 1 is 1.11 bits per heavy atom. The van der Waals surface area contributed by atoms with Crippen molar-refractivity contribution in [2.24, 2.45) is 0 Å². The summed E-state index contributed by atoms with van der Waals surface area (Å²) in [5.74, 6) is 0.0864. The summed E-state index contributed by atoms with van der Waals surface area (Å²) in [6.07, 6.45) is 2.56. The molecule has 0 amide bonds. The average molecular weight is 494 g/mol. The second kappa shape index (κ2) is 8.28. The van der Waals surface area contributed by atoms with Crippen LogP contribution in [0.2, 0.25) is 0 Å². The van der Waals surface area contributed by atoms with E-state index in [9.17, 15) is 18.0 Å². The third kappa shape index (κ3) is 3.94. The second-order valence-corrected chi connectivity index (χ2v) is 9.12. The molecule has 1 aliphatic carbocycles. The lowest BCUT2D eigenvalue weighted by atomic mass is 9.91. The molecule has 8 nitrogen and oxygen atoms in total. The summed E-state index contributed by atoms with van der Waals surface area (Å²) in [6.45, 7) is 1.10. The fourth-order valence-electron chi connectivity index (χ4n) is 4.36. The van der Waals surface area contributed by atoms with E-state index in [1.54, 1.807) is 36.7 Å². The molecule has 0 spiro atoms. The molecule has 0 bridgehead atoms. The summed E-state index contributed by atoms with van der Waals surface area (Å²) in [7, 11) is 0. The van der Waals surface area contributed by atoms with Crippen LogP contribution in [0.5, 0.6) is 5.75 Å². The Labute approximate surface area is 203 Å². The number of fused-ring (bicyclic) bond motifs is 1. The van der Waals surface area contributed by atoms with Crippen molar-refractivity contribution in [2.75, 3.05) is 6.61 Å². The highest BCUT2D eigenvalue weighted by Gasteiger charge is 2.39. The maximum atomic E-state index is 13.5. The predicted molar refractivity (Wildman–Crippen MR) is 122 cm³/mol. The van der Waals surface area contributed by atoms with E-state index in [2.05, 4.69) is 20.2 Å². The van der Waals surface area contributed by atoms with Gasteiger partial charge in [0.05, 0.1) is 29.2 Å². The molecule has 0 N–H and O–H groups in total. The minimum atomic E-state index is -4.47. The molecule has 2 atom stereocenters. The number of nitrogens with zero attached hydrogens (tertiary/aromatic N) is 6. The van der Waals surface area contributed by atoms with E-state index in [1.807, 2.05) is 16.8 Å². The van der Waals surface area contributed by atoms with Crippen LogP contribution in [0.3, 0.4) is 0 Å². The number of rotatable bonds is 5. The van der Waals surface area contributed by atoms with Crippen molar-refractivity contribution < 1.29 is 22.7 Å². The lowest BCUT2D eigenvalue weighted by Crippen LogP contribution is -2.27. The first-order valence-corrected chi connectivity index (χ1v) is 11.6. The third-order valence-corrected chi connectivity index (χ3v) is 6.67. The van der Waals surface area contributed by atoms with Gasteiger partial charge >= 0.3 is 6.18 Å². The molecule has 1 saturated carbocycles. The van der Waals surface area contributed by atoms with Gasteiger partial charge in [-0.2, -0.15) is 13.2 Å². The van der Waals surface area contributed by atoms with E-state index in [0.717, 1.165) is 42.0 Å². The molecule has 2 aliphatic rings. The predicted octanol–water partition coefficient (Wildman–Crippen LogP) is 4.89.